The van der Waals surface area contributed by atoms with Gasteiger partial charge in [0, 0.05) is 6.07 Å². The molecule has 0 saturated carbocycles. The first kappa shape index (κ1) is 12.5. The summed E-state index contributed by atoms with van der Waals surface area (Å²) in [7, 11) is 0. The molecule has 8 nitrogen and oxygen atoms in total. The number of carbonyl (C=O) groups excluding carboxylic acids is 2. The van der Waals surface area contributed by atoms with Crippen LogP contribution in [0.15, 0.2) is 11.2 Å². The number of benzene rings is 1. The van der Waals surface area contributed by atoms with Gasteiger partial charge in [-0.2, -0.15) is 4.39 Å². The summed E-state index contributed by atoms with van der Waals surface area (Å²) >= 11 is 0. The molecule has 0 bridgehead atoms. The second kappa shape index (κ2) is 4.08. The van der Waals surface area contributed by atoms with Gasteiger partial charge in [0.1, 0.15) is 5.56 Å². The van der Waals surface area contributed by atoms with Gasteiger partial charge in [0.05, 0.1) is 10.6 Å². The zero-order valence-corrected chi connectivity index (χ0v) is 8.81. The minimum absolute atomic E-state index is 0.432. The first-order chi connectivity index (χ1) is 8.88. The van der Waals surface area contributed by atoms with Crippen molar-refractivity contribution in [2.45, 2.75) is 0 Å². The lowest BCUT2D eigenvalue weighted by molar-refractivity contribution is -0.388. The van der Waals surface area contributed by atoms with Crippen LogP contribution in [0.3, 0.4) is 0 Å². The zero-order valence-electron chi connectivity index (χ0n) is 8.81. The van der Waals surface area contributed by atoms with E-state index in [4.69, 9.17) is 5.21 Å². The number of Topliss-reactive ketones (excluding diaryl/α,β-unsaturated/α-hetero) is 1. The molecule has 10 heteroatoms. The lowest BCUT2D eigenvalue weighted by Gasteiger charge is -2.16. The van der Waals surface area contributed by atoms with E-state index >= 15 is 0 Å². The summed E-state index contributed by atoms with van der Waals surface area (Å²) in [5.41, 5.74) is -3.92. The van der Waals surface area contributed by atoms with Gasteiger partial charge in [0.25, 0.3) is 5.91 Å². The van der Waals surface area contributed by atoms with Crippen LogP contribution in [0, 0.1) is 21.7 Å². The minimum Gasteiger partial charge on any atom is -0.410 e. The second-order valence-corrected chi connectivity index (χ2v) is 3.43. The molecule has 0 saturated heterocycles. The molecule has 2 N–H and O–H groups in total. The maximum atomic E-state index is 13.4. The number of ketones is 1. The third-order valence-electron chi connectivity index (χ3n) is 2.38. The van der Waals surface area contributed by atoms with Gasteiger partial charge < -0.3 is 10.5 Å². The Morgan fingerprint density at radius 1 is 1.37 bits per heavy atom. The van der Waals surface area contributed by atoms with Gasteiger partial charge in [-0.25, -0.2) is 4.39 Å². The van der Waals surface area contributed by atoms with Gasteiger partial charge in [-0.3, -0.25) is 19.7 Å². The predicted molar refractivity (Wildman–Crippen MR) is 55.2 cm³/mol. The van der Waals surface area contributed by atoms with Gasteiger partial charge >= 0.3 is 5.69 Å². The molecule has 0 aromatic heterocycles. The Labute approximate surface area is 102 Å². The Bertz CT molecular complexity index is 670. The third-order valence-corrected chi connectivity index (χ3v) is 2.38. The summed E-state index contributed by atoms with van der Waals surface area (Å²) in [5, 5.41) is 23.4. The van der Waals surface area contributed by atoms with Crippen molar-refractivity contribution in [3.8, 4) is 0 Å². The average Bonchev–Trinajstić information content (AvgIpc) is 2.32. The van der Waals surface area contributed by atoms with E-state index in [1.54, 1.807) is 0 Å². The number of rotatable bonds is 1. The molecule has 1 aromatic carbocycles. The average molecular weight is 271 g/mol. The SMILES string of the molecule is O=C1Nc2cc(F)c(F)c([N+](=O)[O-])c2C(=O)/C1=N/O. The Morgan fingerprint density at radius 2 is 2.00 bits per heavy atom. The minimum atomic E-state index is -1.84. The quantitative estimate of drug-likeness (QED) is 0.445. The molecule has 0 spiro atoms. The fourth-order valence-corrected chi connectivity index (χ4v) is 1.61. The van der Waals surface area contributed by atoms with Crippen molar-refractivity contribution in [2.24, 2.45) is 5.16 Å². The largest absolute Gasteiger partial charge is 0.410 e. The highest BCUT2D eigenvalue weighted by atomic mass is 19.2. The third kappa shape index (κ3) is 1.69. The molecule has 98 valence electrons. The molecule has 1 aliphatic rings. The van der Waals surface area contributed by atoms with Crippen molar-refractivity contribution in [1.82, 2.24) is 0 Å². The highest BCUT2D eigenvalue weighted by molar-refractivity contribution is 6.73. The molecule has 1 amide bonds. The summed E-state index contributed by atoms with van der Waals surface area (Å²) in [6, 6.07) is 0.432. The molecular formula is C9H3F2N3O5. The molecule has 0 aliphatic carbocycles. The van der Waals surface area contributed by atoms with Gasteiger partial charge in [-0.1, -0.05) is 5.16 Å². The predicted octanol–water partition coefficient (Wildman–Crippen LogP) is 0.838. The first-order valence-corrected chi connectivity index (χ1v) is 4.63. The number of oxime groups is 1. The number of nitrogens with one attached hydrogen (secondary N) is 1. The molecule has 0 radical (unpaired) electrons. The van der Waals surface area contributed by atoms with Crippen molar-refractivity contribution in [1.29, 1.82) is 0 Å². The smallest absolute Gasteiger partial charge is 0.321 e. The molecule has 1 aliphatic heterocycles. The van der Waals surface area contributed by atoms with Crippen LogP contribution in [-0.2, 0) is 4.79 Å². The summed E-state index contributed by atoms with van der Waals surface area (Å²) in [5.74, 6) is -5.99. The fourth-order valence-electron chi connectivity index (χ4n) is 1.61. The highest BCUT2D eigenvalue weighted by Crippen LogP contribution is 2.34. The molecule has 1 heterocycles. The topological polar surface area (TPSA) is 122 Å². The van der Waals surface area contributed by atoms with Gasteiger partial charge in [0.2, 0.25) is 17.3 Å². The number of anilines is 1. The molecule has 2 rings (SSSR count). The summed E-state index contributed by atoms with van der Waals surface area (Å²) in [4.78, 5) is 32.4. The Morgan fingerprint density at radius 3 is 2.53 bits per heavy atom. The molecule has 0 atom stereocenters. The van der Waals surface area contributed by atoms with Crippen LogP contribution >= 0.6 is 0 Å². The first-order valence-electron chi connectivity index (χ1n) is 4.63. The molecule has 0 fully saturated rings. The van der Waals surface area contributed by atoms with Gasteiger partial charge in [-0.15, -0.1) is 0 Å². The normalized spacial score (nSPS) is 16.2. The fraction of sp³-hybridized carbons (Fsp3) is 0. The number of carbonyl (C=O) groups is 2. The van der Waals surface area contributed by atoms with Gasteiger partial charge in [-0.05, 0) is 0 Å². The van der Waals surface area contributed by atoms with Crippen molar-refractivity contribution in [3.05, 3.63) is 33.4 Å². The van der Waals surface area contributed by atoms with Crippen LogP contribution in [0.2, 0.25) is 0 Å². The van der Waals surface area contributed by atoms with Crippen LogP contribution in [-0.4, -0.2) is 27.5 Å². The number of nitro groups is 1. The highest BCUT2D eigenvalue weighted by Gasteiger charge is 2.40. The number of fused-ring (bicyclic) bond motifs is 1. The molecule has 0 unspecified atom stereocenters. The van der Waals surface area contributed by atoms with E-state index < -0.39 is 50.9 Å². The lowest BCUT2D eigenvalue weighted by Crippen LogP contribution is -2.36. The van der Waals surface area contributed by atoms with E-state index in [1.165, 1.54) is 0 Å². The number of amides is 1. The maximum absolute atomic E-state index is 13.4. The summed E-state index contributed by atoms with van der Waals surface area (Å²) in [6.07, 6.45) is 0. The number of nitrogens with zero attached hydrogens (tertiary/aromatic N) is 2. The number of hydrogen-bond acceptors (Lipinski definition) is 6. The second-order valence-electron chi connectivity index (χ2n) is 3.43. The Kier molecular flexibility index (Phi) is 2.70. The Balaban J connectivity index is 2.84. The van der Waals surface area contributed by atoms with Crippen molar-refractivity contribution >= 4 is 28.8 Å². The van der Waals surface area contributed by atoms with Crippen LogP contribution < -0.4 is 5.32 Å². The van der Waals surface area contributed by atoms with Crippen LogP contribution in [0.5, 0.6) is 0 Å². The van der Waals surface area contributed by atoms with E-state index in [-0.39, 0.29) is 0 Å². The van der Waals surface area contributed by atoms with Crippen molar-refractivity contribution in [2.75, 3.05) is 5.32 Å². The van der Waals surface area contributed by atoms with E-state index in [0.29, 0.717) is 6.07 Å². The van der Waals surface area contributed by atoms with Gasteiger partial charge in [0.15, 0.2) is 5.82 Å². The number of nitro benzene ring substituents is 1. The standard InChI is InChI=1S/C9H3F2N3O5/c10-2-1-3-4(7(5(2)11)14(18)19)8(15)6(13-17)9(16)12-3/h1,17H,(H,12,16)/b13-6-. The Hall–Kier alpha value is -2.91. The van der Waals surface area contributed by atoms with E-state index in [1.807, 2.05) is 5.32 Å². The summed E-state index contributed by atoms with van der Waals surface area (Å²) in [6.45, 7) is 0. The van der Waals surface area contributed by atoms with E-state index in [0.717, 1.165) is 0 Å². The van der Waals surface area contributed by atoms with Crippen LogP contribution in [0.4, 0.5) is 20.2 Å². The van der Waals surface area contributed by atoms with Crippen LogP contribution in [0.1, 0.15) is 10.4 Å². The lowest BCUT2D eigenvalue weighted by atomic mass is 9.97. The number of hydrogen-bond donors (Lipinski definition) is 2. The molecular weight excluding hydrogens is 268 g/mol. The monoisotopic (exact) mass is 271 g/mol. The summed E-state index contributed by atoms with van der Waals surface area (Å²) < 4.78 is 26.5. The van der Waals surface area contributed by atoms with E-state index in [2.05, 4.69) is 5.16 Å². The molecule has 19 heavy (non-hydrogen) atoms. The van der Waals surface area contributed by atoms with E-state index in [9.17, 15) is 28.5 Å². The number of halogens is 2. The van der Waals surface area contributed by atoms with Crippen molar-refractivity contribution < 1.29 is 28.5 Å². The van der Waals surface area contributed by atoms with Crippen LogP contribution in [0.25, 0.3) is 0 Å². The molecule has 1 aromatic rings. The zero-order chi connectivity index (χ0) is 14.3. The van der Waals surface area contributed by atoms with Crippen molar-refractivity contribution in [3.63, 3.8) is 0 Å². The maximum Gasteiger partial charge on any atom is 0.321 e.